The first kappa shape index (κ1) is 11.1. The van der Waals surface area contributed by atoms with Crippen LogP contribution < -0.4 is 11.3 Å². The minimum absolute atomic E-state index is 0.492. The number of hydrogen-bond donors (Lipinski definition) is 2. The van der Waals surface area contributed by atoms with Crippen molar-refractivity contribution in [2.45, 2.75) is 32.2 Å². The molecule has 0 spiro atoms. The largest absolute Gasteiger partial charge is 0.271 e. The van der Waals surface area contributed by atoms with Crippen molar-refractivity contribution in [2.75, 3.05) is 11.5 Å². The van der Waals surface area contributed by atoms with Gasteiger partial charge in [0.1, 0.15) is 0 Å². The molecule has 1 fully saturated rings. The van der Waals surface area contributed by atoms with Crippen LogP contribution in [-0.4, -0.2) is 17.5 Å². The molecule has 1 heterocycles. The van der Waals surface area contributed by atoms with E-state index in [4.69, 9.17) is 5.84 Å². The fourth-order valence-corrected chi connectivity index (χ4v) is 3.06. The number of thioether (sulfide) groups is 1. The van der Waals surface area contributed by atoms with E-state index in [9.17, 15) is 0 Å². The van der Waals surface area contributed by atoms with Crippen molar-refractivity contribution in [3.8, 4) is 0 Å². The molecule has 1 aliphatic rings. The number of nitrogens with two attached hydrogens (primary N) is 1. The molecule has 0 aromatic carbocycles. The first-order valence-corrected chi connectivity index (χ1v) is 6.07. The molecule has 3 N–H and O–H groups in total. The van der Waals surface area contributed by atoms with Crippen LogP contribution >= 0.6 is 11.8 Å². The maximum atomic E-state index is 5.55. The Hall–Kier alpha value is 0.0100. The smallest absolute Gasteiger partial charge is 0.0250 e. The summed E-state index contributed by atoms with van der Waals surface area (Å²) in [6.07, 6.45) is 3.54. The minimum Gasteiger partial charge on any atom is -0.271 e. The number of rotatable bonds is 5. The molecule has 0 aromatic rings. The van der Waals surface area contributed by atoms with Crippen LogP contribution in [0, 0.1) is 5.92 Å². The molecule has 0 saturated carbocycles. The third-order valence-electron chi connectivity index (χ3n) is 2.63. The van der Waals surface area contributed by atoms with E-state index >= 15 is 0 Å². The Bertz CT molecular complexity index is 164. The monoisotopic (exact) mass is 200 g/mol. The zero-order valence-electron chi connectivity index (χ0n) is 8.38. The van der Waals surface area contributed by atoms with Crippen LogP contribution in [0.3, 0.4) is 0 Å². The molecule has 13 heavy (non-hydrogen) atoms. The summed E-state index contributed by atoms with van der Waals surface area (Å²) in [6.45, 7) is 5.99. The highest BCUT2D eigenvalue weighted by Gasteiger charge is 2.23. The molecule has 2 nitrogen and oxygen atoms in total. The fraction of sp³-hybridized carbons (Fsp3) is 0.800. The summed E-state index contributed by atoms with van der Waals surface area (Å²) < 4.78 is 0. The second kappa shape index (κ2) is 5.68. The lowest BCUT2D eigenvalue weighted by Crippen LogP contribution is -2.41. The normalized spacial score (nSPS) is 24.6. The molecule has 1 rings (SSSR count). The van der Waals surface area contributed by atoms with Gasteiger partial charge in [0.15, 0.2) is 0 Å². The minimum atomic E-state index is 0.492. The van der Waals surface area contributed by atoms with Gasteiger partial charge in [-0.25, -0.2) is 0 Å². The highest BCUT2D eigenvalue weighted by atomic mass is 32.2. The second-order valence-electron chi connectivity index (χ2n) is 3.89. The topological polar surface area (TPSA) is 38.0 Å². The number of hydrazine groups is 1. The van der Waals surface area contributed by atoms with Crippen LogP contribution in [0.4, 0.5) is 0 Å². The maximum Gasteiger partial charge on any atom is 0.0250 e. The van der Waals surface area contributed by atoms with Gasteiger partial charge in [-0.3, -0.25) is 11.3 Å². The molecule has 0 amide bonds. The van der Waals surface area contributed by atoms with E-state index in [2.05, 4.69) is 18.9 Å². The fourth-order valence-electron chi connectivity index (χ4n) is 1.73. The van der Waals surface area contributed by atoms with E-state index in [0.717, 1.165) is 18.8 Å². The molecular formula is C10H20N2S. The van der Waals surface area contributed by atoms with Gasteiger partial charge in [-0.05, 0) is 43.6 Å². The van der Waals surface area contributed by atoms with Crippen molar-refractivity contribution < 1.29 is 0 Å². The average molecular weight is 200 g/mol. The van der Waals surface area contributed by atoms with Crippen molar-refractivity contribution in [3.05, 3.63) is 12.2 Å². The Morgan fingerprint density at radius 1 is 1.77 bits per heavy atom. The lowest BCUT2D eigenvalue weighted by atomic mass is 9.94. The van der Waals surface area contributed by atoms with E-state index < -0.39 is 0 Å². The van der Waals surface area contributed by atoms with E-state index in [1.165, 1.54) is 23.5 Å². The molecule has 0 aromatic heterocycles. The Morgan fingerprint density at radius 2 is 2.54 bits per heavy atom. The van der Waals surface area contributed by atoms with E-state index in [1.807, 2.05) is 11.8 Å². The SMILES string of the molecule is C=C(C)CCC(NN)C1CCSC1. The van der Waals surface area contributed by atoms with Gasteiger partial charge in [0.25, 0.3) is 0 Å². The predicted molar refractivity (Wildman–Crippen MR) is 60.6 cm³/mol. The van der Waals surface area contributed by atoms with Gasteiger partial charge < -0.3 is 0 Å². The van der Waals surface area contributed by atoms with Gasteiger partial charge in [0.05, 0.1) is 0 Å². The van der Waals surface area contributed by atoms with E-state index in [-0.39, 0.29) is 0 Å². The summed E-state index contributed by atoms with van der Waals surface area (Å²) in [6, 6.07) is 0.492. The van der Waals surface area contributed by atoms with Gasteiger partial charge in [0.2, 0.25) is 0 Å². The van der Waals surface area contributed by atoms with Crippen molar-refractivity contribution >= 4 is 11.8 Å². The zero-order valence-corrected chi connectivity index (χ0v) is 9.20. The Labute approximate surface area is 85.3 Å². The molecule has 1 aliphatic heterocycles. The predicted octanol–water partition coefficient (Wildman–Crippen LogP) is 1.93. The summed E-state index contributed by atoms with van der Waals surface area (Å²) in [5, 5.41) is 0. The first-order chi connectivity index (χ1) is 6.24. The van der Waals surface area contributed by atoms with Gasteiger partial charge in [-0.2, -0.15) is 11.8 Å². The average Bonchev–Trinajstić information content (AvgIpc) is 2.58. The van der Waals surface area contributed by atoms with E-state index in [0.29, 0.717) is 6.04 Å². The number of hydrogen-bond acceptors (Lipinski definition) is 3. The zero-order chi connectivity index (χ0) is 9.68. The van der Waals surface area contributed by atoms with Crippen LogP contribution in [0.2, 0.25) is 0 Å². The van der Waals surface area contributed by atoms with Crippen LogP contribution in [-0.2, 0) is 0 Å². The van der Waals surface area contributed by atoms with E-state index in [1.54, 1.807) is 0 Å². The van der Waals surface area contributed by atoms with Gasteiger partial charge in [-0.1, -0.05) is 5.57 Å². The highest BCUT2D eigenvalue weighted by Crippen LogP contribution is 2.28. The second-order valence-corrected chi connectivity index (χ2v) is 5.04. The Morgan fingerprint density at radius 3 is 3.00 bits per heavy atom. The standard InChI is InChI=1S/C10H20N2S/c1-8(2)3-4-10(12-11)9-5-6-13-7-9/h9-10,12H,1,3-7,11H2,2H3. The molecular weight excluding hydrogens is 180 g/mol. The van der Waals surface area contributed by atoms with Gasteiger partial charge >= 0.3 is 0 Å². The Kier molecular flexibility index (Phi) is 4.84. The quantitative estimate of drug-likeness (QED) is 0.404. The molecule has 1 saturated heterocycles. The Balaban J connectivity index is 2.28. The third-order valence-corrected chi connectivity index (χ3v) is 3.82. The van der Waals surface area contributed by atoms with Crippen LogP contribution in [0.1, 0.15) is 26.2 Å². The van der Waals surface area contributed by atoms with Crippen molar-refractivity contribution in [3.63, 3.8) is 0 Å². The summed E-state index contributed by atoms with van der Waals surface area (Å²) in [4.78, 5) is 0. The van der Waals surface area contributed by atoms with Crippen LogP contribution in [0.25, 0.3) is 0 Å². The summed E-state index contributed by atoms with van der Waals surface area (Å²) in [5.41, 5.74) is 4.20. The van der Waals surface area contributed by atoms with Crippen LogP contribution in [0.5, 0.6) is 0 Å². The van der Waals surface area contributed by atoms with Gasteiger partial charge in [0, 0.05) is 6.04 Å². The maximum absolute atomic E-state index is 5.55. The molecule has 0 aliphatic carbocycles. The molecule has 3 heteroatoms. The molecule has 76 valence electrons. The summed E-state index contributed by atoms with van der Waals surface area (Å²) in [5.74, 6) is 8.89. The lowest BCUT2D eigenvalue weighted by Gasteiger charge is -2.21. The molecule has 2 atom stereocenters. The van der Waals surface area contributed by atoms with Crippen molar-refractivity contribution in [2.24, 2.45) is 11.8 Å². The van der Waals surface area contributed by atoms with Gasteiger partial charge in [-0.15, -0.1) is 6.58 Å². The third kappa shape index (κ3) is 3.71. The summed E-state index contributed by atoms with van der Waals surface area (Å²) in [7, 11) is 0. The molecule has 0 bridgehead atoms. The highest BCUT2D eigenvalue weighted by molar-refractivity contribution is 7.99. The first-order valence-electron chi connectivity index (χ1n) is 4.92. The number of allylic oxidation sites excluding steroid dienone is 1. The van der Waals surface area contributed by atoms with Crippen LogP contribution in [0.15, 0.2) is 12.2 Å². The lowest BCUT2D eigenvalue weighted by molar-refractivity contribution is 0.367. The van der Waals surface area contributed by atoms with Crippen molar-refractivity contribution in [1.82, 2.24) is 5.43 Å². The van der Waals surface area contributed by atoms with Crippen molar-refractivity contribution in [1.29, 1.82) is 0 Å². The molecule has 2 unspecified atom stereocenters. The summed E-state index contributed by atoms with van der Waals surface area (Å²) >= 11 is 2.04. The molecule has 0 radical (unpaired) electrons. The number of nitrogens with one attached hydrogen (secondary N) is 1.